The van der Waals surface area contributed by atoms with Crippen LogP contribution in [0.2, 0.25) is 0 Å². The zero-order valence-electron chi connectivity index (χ0n) is 81.2. The van der Waals surface area contributed by atoms with E-state index in [1.54, 1.807) is 0 Å². The van der Waals surface area contributed by atoms with E-state index in [9.17, 15) is 0 Å². The van der Waals surface area contributed by atoms with E-state index in [1.165, 1.54) is 105 Å². The quantitative estimate of drug-likeness (QED) is 0.132. The Morgan fingerprint density at radius 1 is 0.147 bits per heavy atom. The first kappa shape index (κ1) is 86.9. The number of hydrogen-bond donors (Lipinski definition) is 0. The Hall–Kier alpha value is -19.7. The normalized spacial score (nSPS) is 13.3. The fraction of sp³-hybridized carbons (Fsp3) is 0.0213. The third-order valence-electron chi connectivity index (χ3n) is 31.3. The molecule has 0 amide bonds. The highest BCUT2D eigenvalue weighted by Crippen LogP contribution is 2.68. The van der Waals surface area contributed by atoms with Crippen molar-refractivity contribution in [2.24, 2.45) is 0 Å². The maximum atomic E-state index is 6.92. The summed E-state index contributed by atoms with van der Waals surface area (Å²) in [7, 11) is 0. The molecule has 3 aromatic heterocycles. The predicted octanol–water partition coefficient (Wildman–Crippen LogP) is 35.0. The van der Waals surface area contributed by atoms with Crippen LogP contribution >= 0.6 is 0 Å². The highest BCUT2D eigenvalue weighted by Gasteiger charge is 2.55. The van der Waals surface area contributed by atoms with Gasteiger partial charge in [0, 0.05) is 94.2 Å². The van der Waals surface area contributed by atoms with Crippen molar-refractivity contribution in [3.63, 3.8) is 0 Å². The lowest BCUT2D eigenvalue weighted by Gasteiger charge is -2.40. The predicted molar refractivity (Wildman–Crippen MR) is 605 cm³/mol. The summed E-state index contributed by atoms with van der Waals surface area (Å²) < 4.78 is 20.7. The topological polar surface area (TPSA) is 105 Å². The van der Waals surface area contributed by atoms with E-state index in [4.69, 9.17) is 34.1 Å². The minimum Gasteiger partial charge on any atom is -0.456 e. The second-order valence-electron chi connectivity index (χ2n) is 39.1. The van der Waals surface area contributed by atoms with Crippen LogP contribution in [-0.2, 0) is 16.2 Å². The lowest BCUT2D eigenvalue weighted by atomic mass is 9.65. The maximum Gasteiger partial charge on any atom is 0.160 e. The van der Waals surface area contributed by atoms with Gasteiger partial charge in [-0.2, -0.15) is 0 Å². The first-order chi connectivity index (χ1) is 74.4. The van der Waals surface area contributed by atoms with Crippen LogP contribution in [0.25, 0.3) is 178 Å². The van der Waals surface area contributed by atoms with Crippen LogP contribution in [0.3, 0.4) is 0 Å². The van der Waals surface area contributed by atoms with Crippen molar-refractivity contribution >= 4 is 32.6 Å². The molecule has 9 heteroatoms. The second-order valence-corrected chi connectivity index (χ2v) is 39.1. The molecule has 700 valence electrons. The van der Waals surface area contributed by atoms with Gasteiger partial charge in [-0.05, 0) is 148 Å². The number of nitrogens with zero attached hydrogens (tertiary/aromatic N) is 6. The van der Waals surface area contributed by atoms with Crippen LogP contribution < -0.4 is 14.2 Å². The largest absolute Gasteiger partial charge is 0.456 e. The van der Waals surface area contributed by atoms with Crippen molar-refractivity contribution in [2.75, 3.05) is 0 Å². The molecular formula is C141H88N6O3. The maximum absolute atomic E-state index is 6.92. The first-order valence-electron chi connectivity index (χ1n) is 51.1. The number of fused-ring (bicyclic) bond motifs is 30. The van der Waals surface area contributed by atoms with Gasteiger partial charge in [-0.15, -0.1) is 10.2 Å². The number of aromatic nitrogens is 6. The smallest absolute Gasteiger partial charge is 0.160 e. The van der Waals surface area contributed by atoms with Crippen molar-refractivity contribution in [3.05, 3.63) is 601 Å². The van der Waals surface area contributed by atoms with E-state index >= 15 is 0 Å². The lowest BCUT2D eigenvalue weighted by Crippen LogP contribution is -2.32. The molecule has 0 atom stereocenters. The zero-order valence-corrected chi connectivity index (χ0v) is 81.2. The van der Waals surface area contributed by atoms with E-state index in [-0.39, 0.29) is 0 Å². The highest BCUT2D eigenvalue weighted by molar-refractivity contribution is 6.05. The molecule has 3 aliphatic heterocycles. The standard InChI is InChI=1S/C51H32N2O.C49H30N2O.C41H26N2O/c1-2-13-33(14-3-1)34-25-29-36(30-26-34)48-41-17-6-10-23-46(41)52-50(53-48)37-31-27-35(28-32-37)38-18-12-22-45-49(38)54-47-24-11-9-21-44(47)51(45)42-19-7-4-15-39(42)40-16-5-8-20-43(40)51;1-2-15-34-31(13-1)14-11-20-38(34)46-39-18-5-9-25-44(39)50-48(51-46)33-29-27-32(28-30-33)35-19-12-24-43-47(35)52-45-26-10-8-23-42(45)49(43)40-21-6-3-16-36(40)37-17-4-7-22-41(37)49;1-2-11-28(12-3-1)37-25-26-38(43-42-37)29-23-21-27(22-24-29)30-15-10-19-36-40(30)44-39-20-9-8-18-35(39)41(36)33-16-6-4-13-31(33)32-14-5-7-17-34(32)41/h1-32H;1-30H;1-26H. The van der Waals surface area contributed by atoms with Gasteiger partial charge in [-0.3, -0.25) is 0 Å². The molecule has 25 aromatic rings. The summed E-state index contributed by atoms with van der Waals surface area (Å²) in [6.07, 6.45) is 0. The Labute approximate surface area is 867 Å². The Morgan fingerprint density at radius 3 is 0.793 bits per heavy atom. The molecule has 150 heavy (non-hydrogen) atoms. The van der Waals surface area contributed by atoms with Crippen LogP contribution in [0.4, 0.5) is 0 Å². The molecule has 0 bridgehead atoms. The molecule has 0 fully saturated rings. The molecule has 3 aliphatic carbocycles. The Kier molecular flexibility index (Phi) is 20.5. The molecule has 0 radical (unpaired) electrons. The van der Waals surface area contributed by atoms with Crippen LogP contribution in [0.5, 0.6) is 34.5 Å². The molecule has 22 aromatic carbocycles. The molecule has 31 rings (SSSR count). The average Bonchev–Trinajstić information content (AvgIpc) is 1.54. The van der Waals surface area contributed by atoms with Gasteiger partial charge in [0.25, 0.3) is 0 Å². The molecule has 9 nitrogen and oxygen atoms in total. The van der Waals surface area contributed by atoms with Gasteiger partial charge in [-0.1, -0.05) is 491 Å². The van der Waals surface area contributed by atoms with E-state index in [1.807, 2.05) is 60.7 Å². The van der Waals surface area contributed by atoms with Crippen LogP contribution in [0, 0.1) is 0 Å². The van der Waals surface area contributed by atoms with Gasteiger partial charge >= 0.3 is 0 Å². The highest BCUT2D eigenvalue weighted by atomic mass is 16.5. The Morgan fingerprint density at radius 2 is 0.400 bits per heavy atom. The van der Waals surface area contributed by atoms with Crippen molar-refractivity contribution in [1.29, 1.82) is 0 Å². The summed E-state index contributed by atoms with van der Waals surface area (Å²) in [5, 5.41) is 13.5. The monoisotopic (exact) mass is 1910 g/mol. The average molecular weight is 1910 g/mol. The van der Waals surface area contributed by atoms with Gasteiger partial charge in [0.05, 0.1) is 50.1 Å². The Balaban J connectivity index is 0.000000106. The van der Waals surface area contributed by atoms with Gasteiger partial charge in [0.2, 0.25) is 0 Å². The van der Waals surface area contributed by atoms with Gasteiger partial charge in [0.1, 0.15) is 34.5 Å². The van der Waals surface area contributed by atoms with Crippen molar-refractivity contribution in [2.45, 2.75) is 16.2 Å². The first-order valence-corrected chi connectivity index (χ1v) is 51.1. The fourth-order valence-electron chi connectivity index (χ4n) is 24.7. The molecule has 0 N–H and O–H groups in total. The fourth-order valence-corrected chi connectivity index (χ4v) is 24.7. The third kappa shape index (κ3) is 13.6. The van der Waals surface area contributed by atoms with Crippen molar-refractivity contribution in [1.82, 2.24) is 30.1 Å². The lowest BCUT2D eigenvalue weighted by molar-refractivity contribution is 0.438. The molecule has 0 saturated carbocycles. The summed E-state index contributed by atoms with van der Waals surface area (Å²) in [5.41, 5.74) is 41.2. The number of para-hydroxylation sites is 8. The minimum absolute atomic E-state index is 0.469. The van der Waals surface area contributed by atoms with Crippen molar-refractivity contribution < 1.29 is 14.2 Å². The van der Waals surface area contributed by atoms with E-state index in [0.29, 0.717) is 11.6 Å². The molecule has 0 saturated heterocycles. The van der Waals surface area contributed by atoms with Gasteiger partial charge in [-0.25, -0.2) is 19.9 Å². The third-order valence-corrected chi connectivity index (χ3v) is 31.3. The molecular weight excluding hydrogens is 1830 g/mol. The number of rotatable bonds is 10. The minimum atomic E-state index is -0.498. The number of benzene rings is 22. The van der Waals surface area contributed by atoms with E-state index in [2.05, 4.69) is 483 Å². The second kappa shape index (κ2) is 35.4. The van der Waals surface area contributed by atoms with E-state index in [0.717, 1.165) is 163 Å². The van der Waals surface area contributed by atoms with Gasteiger partial charge < -0.3 is 14.2 Å². The SMILES string of the molecule is c1ccc(-c2ccc(-c3ccc(-c4cccc5c4Oc4ccccc4C54c5ccccc5-c5ccccc54)cc3)nn2)cc1.c1ccc(-c2ccc(-c3nc(-c4ccc(-c5cccc6c5Oc5ccccc5C65c6ccccc6-c6ccccc65)cc4)nc4ccccc34)cc2)cc1.c1ccc2c(c1)Oc1c(-c3ccc(-c4nc(-c5cccc6ccccc56)c5ccccc5n4)cc3)cccc1C21c2ccccc2-c2ccccc21. The molecule has 6 heterocycles. The molecule has 0 unspecified atom stereocenters. The van der Waals surface area contributed by atoms with E-state index < -0.39 is 16.2 Å². The summed E-state index contributed by atoms with van der Waals surface area (Å²) in [5.74, 6) is 6.74. The number of hydrogen-bond acceptors (Lipinski definition) is 9. The summed E-state index contributed by atoms with van der Waals surface area (Å²) >= 11 is 0. The summed E-state index contributed by atoms with van der Waals surface area (Å²) in [6, 6.07) is 189. The summed E-state index contributed by atoms with van der Waals surface area (Å²) in [6.45, 7) is 0. The Bertz CT molecular complexity index is 9590. The van der Waals surface area contributed by atoms with Crippen LogP contribution in [0.15, 0.2) is 534 Å². The van der Waals surface area contributed by atoms with Crippen LogP contribution in [-0.4, -0.2) is 30.1 Å². The van der Waals surface area contributed by atoms with Gasteiger partial charge in [0.15, 0.2) is 11.6 Å². The molecule has 6 aliphatic rings. The summed E-state index contributed by atoms with van der Waals surface area (Å²) in [4.78, 5) is 20.6. The van der Waals surface area contributed by atoms with Crippen LogP contribution in [0.1, 0.15) is 66.8 Å². The van der Waals surface area contributed by atoms with Crippen molar-refractivity contribution in [3.8, 4) is 180 Å². The zero-order chi connectivity index (χ0) is 99.0. The number of ether oxygens (including phenoxy) is 3. The molecule has 3 spiro atoms.